The van der Waals surface area contributed by atoms with E-state index in [1.807, 2.05) is 0 Å². The molecule has 6 heteroatoms. The zero-order valence-corrected chi connectivity index (χ0v) is 11.9. The van der Waals surface area contributed by atoms with E-state index in [1.165, 1.54) is 18.2 Å². The number of nitrogens with one attached hydrogen (secondary N) is 1. The molecule has 1 nitrogen and oxygen atoms in total. The molecule has 0 bridgehead atoms. The molecule has 1 N–H and O–H groups in total. The van der Waals surface area contributed by atoms with Crippen molar-refractivity contribution in [3.63, 3.8) is 0 Å². The lowest BCUT2D eigenvalue weighted by molar-refractivity contribution is 0.448. The van der Waals surface area contributed by atoms with Crippen molar-refractivity contribution in [2.24, 2.45) is 0 Å². The van der Waals surface area contributed by atoms with Gasteiger partial charge >= 0.3 is 0 Å². The molecule has 2 aromatic rings. The van der Waals surface area contributed by atoms with Gasteiger partial charge in [-0.15, -0.1) is 0 Å². The van der Waals surface area contributed by atoms with Gasteiger partial charge < -0.3 is 5.32 Å². The van der Waals surface area contributed by atoms with Crippen molar-refractivity contribution in [2.75, 3.05) is 5.32 Å². The monoisotopic (exact) mass is 347 g/mol. The Balaban J connectivity index is 2.30. The Morgan fingerprint density at radius 2 is 1.60 bits per heavy atom. The van der Waals surface area contributed by atoms with Crippen molar-refractivity contribution >= 4 is 21.6 Å². The molecule has 0 aliphatic heterocycles. The topological polar surface area (TPSA) is 12.0 Å². The lowest BCUT2D eigenvalue weighted by atomic mass is 10.1. The Kier molecular flexibility index (Phi) is 4.32. The summed E-state index contributed by atoms with van der Waals surface area (Å²) in [6, 6.07) is 5.59. The summed E-state index contributed by atoms with van der Waals surface area (Å²) in [5.41, 5.74) is 0.0549. The molecule has 0 fully saturated rings. The SMILES string of the molecule is CC(Nc1ccc(F)c(F)c1F)c1cc(Br)ccc1F. The third-order valence-electron chi connectivity index (χ3n) is 2.83. The smallest absolute Gasteiger partial charge is 0.196 e. The van der Waals surface area contributed by atoms with Gasteiger partial charge in [0.25, 0.3) is 0 Å². The molecule has 2 rings (SSSR count). The fraction of sp³-hybridized carbons (Fsp3) is 0.143. The normalized spacial score (nSPS) is 12.3. The first-order valence-corrected chi connectivity index (χ1v) is 6.54. The molecule has 1 atom stereocenters. The third kappa shape index (κ3) is 2.95. The molecule has 0 aliphatic carbocycles. The zero-order chi connectivity index (χ0) is 14.9. The lowest BCUT2D eigenvalue weighted by Gasteiger charge is -2.17. The Bertz CT molecular complexity index is 645. The van der Waals surface area contributed by atoms with Crippen LogP contribution in [0.25, 0.3) is 0 Å². The highest BCUT2D eigenvalue weighted by atomic mass is 79.9. The van der Waals surface area contributed by atoms with Gasteiger partial charge in [0.05, 0.1) is 11.7 Å². The van der Waals surface area contributed by atoms with Gasteiger partial charge in [-0.3, -0.25) is 0 Å². The molecule has 0 aliphatic rings. The van der Waals surface area contributed by atoms with Crippen LogP contribution >= 0.6 is 15.9 Å². The van der Waals surface area contributed by atoms with E-state index in [0.717, 1.165) is 12.1 Å². The van der Waals surface area contributed by atoms with E-state index in [-0.39, 0.29) is 11.3 Å². The molecule has 1 unspecified atom stereocenters. The molecule has 2 aromatic carbocycles. The molecule has 0 spiro atoms. The molecule has 0 saturated carbocycles. The van der Waals surface area contributed by atoms with Crippen LogP contribution in [-0.2, 0) is 0 Å². The molecule has 0 aromatic heterocycles. The number of rotatable bonds is 3. The van der Waals surface area contributed by atoms with E-state index in [0.29, 0.717) is 4.47 Å². The third-order valence-corrected chi connectivity index (χ3v) is 3.32. The van der Waals surface area contributed by atoms with E-state index in [4.69, 9.17) is 0 Å². The van der Waals surface area contributed by atoms with Gasteiger partial charge in [-0.2, -0.15) is 0 Å². The van der Waals surface area contributed by atoms with Crippen molar-refractivity contribution in [2.45, 2.75) is 13.0 Å². The number of halogens is 5. The number of anilines is 1. The summed E-state index contributed by atoms with van der Waals surface area (Å²) in [5.74, 6) is -4.63. The molecule has 0 heterocycles. The van der Waals surface area contributed by atoms with Crippen LogP contribution in [0.1, 0.15) is 18.5 Å². The average molecular weight is 348 g/mol. The maximum absolute atomic E-state index is 13.7. The van der Waals surface area contributed by atoms with Gasteiger partial charge in [-0.25, -0.2) is 17.6 Å². The number of benzene rings is 2. The van der Waals surface area contributed by atoms with Gasteiger partial charge in [0, 0.05) is 10.0 Å². The average Bonchev–Trinajstić information content (AvgIpc) is 2.42. The van der Waals surface area contributed by atoms with Crippen LogP contribution in [0.2, 0.25) is 0 Å². The predicted octanol–water partition coefficient (Wildman–Crippen LogP) is 5.18. The summed E-state index contributed by atoms with van der Waals surface area (Å²) < 4.78 is 53.8. The highest BCUT2D eigenvalue weighted by Gasteiger charge is 2.17. The van der Waals surface area contributed by atoms with E-state index in [2.05, 4.69) is 21.2 Å². The Morgan fingerprint density at radius 3 is 2.30 bits per heavy atom. The summed E-state index contributed by atoms with van der Waals surface area (Å²) in [6.45, 7) is 1.59. The maximum Gasteiger partial charge on any atom is 0.196 e. The minimum absolute atomic E-state index is 0.226. The lowest BCUT2D eigenvalue weighted by Crippen LogP contribution is -2.11. The zero-order valence-electron chi connectivity index (χ0n) is 10.4. The van der Waals surface area contributed by atoms with Crippen LogP contribution in [0.3, 0.4) is 0 Å². The van der Waals surface area contributed by atoms with Crippen molar-refractivity contribution in [1.29, 1.82) is 0 Å². The van der Waals surface area contributed by atoms with Gasteiger partial charge in [0.2, 0.25) is 0 Å². The molecule has 0 radical (unpaired) electrons. The van der Waals surface area contributed by atoms with Crippen LogP contribution in [-0.4, -0.2) is 0 Å². The molecule has 106 valence electrons. The first-order chi connectivity index (χ1) is 9.40. The van der Waals surface area contributed by atoms with Crippen LogP contribution in [0.4, 0.5) is 23.2 Å². The largest absolute Gasteiger partial charge is 0.376 e. The maximum atomic E-state index is 13.7. The van der Waals surface area contributed by atoms with Gasteiger partial charge in [0.15, 0.2) is 17.5 Å². The van der Waals surface area contributed by atoms with Crippen molar-refractivity contribution < 1.29 is 17.6 Å². The second-order valence-electron chi connectivity index (χ2n) is 4.25. The van der Waals surface area contributed by atoms with Crippen LogP contribution in [0, 0.1) is 23.3 Å². The van der Waals surface area contributed by atoms with E-state index in [1.54, 1.807) is 6.92 Å². The molecule has 0 amide bonds. The quantitative estimate of drug-likeness (QED) is 0.595. The number of hydrogen-bond acceptors (Lipinski definition) is 1. The van der Waals surface area contributed by atoms with Gasteiger partial charge in [-0.1, -0.05) is 15.9 Å². The van der Waals surface area contributed by atoms with Gasteiger partial charge in [0.1, 0.15) is 5.82 Å². The minimum atomic E-state index is -1.56. The molecular formula is C14H10BrF4N. The van der Waals surface area contributed by atoms with Gasteiger partial charge in [-0.05, 0) is 37.3 Å². The second-order valence-corrected chi connectivity index (χ2v) is 5.17. The fourth-order valence-corrected chi connectivity index (χ4v) is 2.17. The fourth-order valence-electron chi connectivity index (χ4n) is 1.79. The highest BCUT2D eigenvalue weighted by molar-refractivity contribution is 9.10. The standard InChI is InChI=1S/C14H10BrF4N/c1-7(9-6-8(15)2-3-10(9)16)20-12-5-4-11(17)13(18)14(12)19/h2-7,20H,1H3. The predicted molar refractivity (Wildman–Crippen MR) is 72.5 cm³/mol. The van der Waals surface area contributed by atoms with E-state index in [9.17, 15) is 17.6 Å². The highest BCUT2D eigenvalue weighted by Crippen LogP contribution is 2.27. The summed E-state index contributed by atoms with van der Waals surface area (Å²) in [4.78, 5) is 0. The Labute approximate surface area is 121 Å². The second kappa shape index (κ2) is 5.83. The van der Waals surface area contributed by atoms with Crippen LogP contribution < -0.4 is 5.32 Å². The van der Waals surface area contributed by atoms with Crippen molar-refractivity contribution in [3.05, 3.63) is 63.6 Å². The first-order valence-electron chi connectivity index (χ1n) is 5.75. The first kappa shape index (κ1) is 14.8. The summed E-state index contributed by atoms with van der Waals surface area (Å²) in [7, 11) is 0. The summed E-state index contributed by atoms with van der Waals surface area (Å²) in [6.07, 6.45) is 0. The number of hydrogen-bond donors (Lipinski definition) is 1. The molecular weight excluding hydrogens is 338 g/mol. The molecule has 20 heavy (non-hydrogen) atoms. The Hall–Kier alpha value is -1.56. The summed E-state index contributed by atoms with van der Waals surface area (Å²) in [5, 5.41) is 2.62. The van der Waals surface area contributed by atoms with Crippen molar-refractivity contribution in [3.8, 4) is 0 Å². The Morgan fingerprint density at radius 1 is 0.950 bits per heavy atom. The van der Waals surface area contributed by atoms with Crippen LogP contribution in [0.5, 0.6) is 0 Å². The molecule has 0 saturated heterocycles. The van der Waals surface area contributed by atoms with E-state index >= 15 is 0 Å². The van der Waals surface area contributed by atoms with E-state index < -0.39 is 29.3 Å². The van der Waals surface area contributed by atoms with Crippen LogP contribution in [0.15, 0.2) is 34.8 Å². The summed E-state index contributed by atoms with van der Waals surface area (Å²) >= 11 is 3.21. The minimum Gasteiger partial charge on any atom is -0.376 e. The van der Waals surface area contributed by atoms with Crippen molar-refractivity contribution in [1.82, 2.24) is 0 Å².